The predicted molar refractivity (Wildman–Crippen MR) is 190 cm³/mol. The van der Waals surface area contributed by atoms with Gasteiger partial charge < -0.3 is 20.6 Å². The fourth-order valence-electron chi connectivity index (χ4n) is 5.49. The smallest absolute Gasteiger partial charge is 0.222 e. The molecule has 0 rings (SSSR count). The maximum atomic E-state index is 12.3. The topological polar surface area (TPSA) is 89.8 Å². The van der Waals surface area contributed by atoms with Crippen molar-refractivity contribution in [1.29, 1.82) is 0 Å². The van der Waals surface area contributed by atoms with Crippen molar-refractivity contribution >= 4 is 5.91 Å². The highest BCUT2D eigenvalue weighted by Gasteiger charge is 2.20. The first-order valence-corrected chi connectivity index (χ1v) is 18.8. The van der Waals surface area contributed by atoms with E-state index in [2.05, 4.69) is 43.5 Å². The summed E-state index contributed by atoms with van der Waals surface area (Å²) in [5, 5.41) is 32.8. The Morgan fingerprint density at radius 3 is 1.45 bits per heavy atom. The molecule has 4 N–H and O–H groups in total. The van der Waals surface area contributed by atoms with Gasteiger partial charge in [-0.25, -0.2) is 0 Å². The molecule has 0 saturated heterocycles. The minimum Gasteiger partial charge on any atom is -0.394 e. The number of aliphatic hydroxyl groups is 3. The summed E-state index contributed by atoms with van der Waals surface area (Å²) in [5.41, 5.74) is 0. The van der Waals surface area contributed by atoms with Crippen LogP contribution in [-0.2, 0) is 4.79 Å². The number of amides is 1. The van der Waals surface area contributed by atoms with Crippen molar-refractivity contribution in [2.75, 3.05) is 6.61 Å². The molecular formula is C39H73NO4. The summed E-state index contributed by atoms with van der Waals surface area (Å²) in [6.45, 7) is 4.14. The maximum Gasteiger partial charge on any atom is 0.222 e. The van der Waals surface area contributed by atoms with Crippen LogP contribution in [0.1, 0.15) is 181 Å². The monoisotopic (exact) mass is 620 g/mol. The van der Waals surface area contributed by atoms with Crippen LogP contribution in [-0.4, -0.2) is 46.1 Å². The molecule has 0 aliphatic heterocycles. The Kier molecular flexibility index (Phi) is 33.3. The van der Waals surface area contributed by atoms with Gasteiger partial charge >= 0.3 is 0 Å². The van der Waals surface area contributed by atoms with Crippen molar-refractivity contribution in [1.82, 2.24) is 5.32 Å². The van der Waals surface area contributed by atoms with Crippen LogP contribution in [0.15, 0.2) is 36.5 Å². The predicted octanol–water partition coefficient (Wildman–Crippen LogP) is 10.0. The minimum absolute atomic E-state index is 0.00214. The van der Waals surface area contributed by atoms with Crippen LogP contribution >= 0.6 is 0 Å². The number of rotatable bonds is 33. The molecule has 0 aliphatic rings. The number of nitrogens with one attached hydrogen (secondary N) is 1. The van der Waals surface area contributed by atoms with Gasteiger partial charge in [0.05, 0.1) is 31.3 Å². The van der Waals surface area contributed by atoms with Crippen molar-refractivity contribution in [3.8, 4) is 0 Å². The first kappa shape index (κ1) is 42.6. The van der Waals surface area contributed by atoms with Crippen LogP contribution in [0.25, 0.3) is 0 Å². The largest absolute Gasteiger partial charge is 0.394 e. The highest BCUT2D eigenvalue weighted by Crippen LogP contribution is 2.13. The first-order chi connectivity index (χ1) is 21.5. The van der Waals surface area contributed by atoms with Gasteiger partial charge in [-0.15, -0.1) is 0 Å². The van der Waals surface area contributed by atoms with Gasteiger partial charge in [0.25, 0.3) is 0 Å². The molecule has 0 aromatic rings. The molecule has 0 bridgehead atoms. The van der Waals surface area contributed by atoms with Crippen LogP contribution < -0.4 is 5.32 Å². The number of hydrogen-bond donors (Lipinski definition) is 4. The number of aliphatic hydroxyl groups excluding tert-OH is 3. The van der Waals surface area contributed by atoms with Gasteiger partial charge in [-0.3, -0.25) is 4.79 Å². The Balaban J connectivity index is 3.75. The number of unbranched alkanes of at least 4 members (excludes halogenated alkanes) is 20. The van der Waals surface area contributed by atoms with Crippen molar-refractivity contribution < 1.29 is 20.1 Å². The Bertz CT molecular complexity index is 690. The molecule has 0 aromatic heterocycles. The second kappa shape index (κ2) is 34.4. The van der Waals surface area contributed by atoms with Gasteiger partial charge in [-0.1, -0.05) is 166 Å². The van der Waals surface area contributed by atoms with E-state index in [1.165, 1.54) is 116 Å². The van der Waals surface area contributed by atoms with E-state index in [1.807, 2.05) is 6.08 Å². The average Bonchev–Trinajstić information content (AvgIpc) is 3.01. The summed E-state index contributed by atoms with van der Waals surface area (Å²) < 4.78 is 0. The molecule has 0 aromatic carbocycles. The van der Waals surface area contributed by atoms with Crippen molar-refractivity contribution in [2.45, 2.75) is 199 Å². The summed E-state index contributed by atoms with van der Waals surface area (Å²) >= 11 is 0. The van der Waals surface area contributed by atoms with Crippen molar-refractivity contribution in [3.63, 3.8) is 0 Å². The zero-order valence-corrected chi connectivity index (χ0v) is 29.0. The Hall–Kier alpha value is -1.43. The molecule has 0 spiro atoms. The van der Waals surface area contributed by atoms with E-state index in [0.29, 0.717) is 6.42 Å². The van der Waals surface area contributed by atoms with E-state index in [4.69, 9.17) is 0 Å². The molecule has 3 atom stereocenters. The van der Waals surface area contributed by atoms with Gasteiger partial charge in [-0.05, 0) is 44.9 Å². The molecule has 0 aliphatic carbocycles. The van der Waals surface area contributed by atoms with Crippen LogP contribution in [0.4, 0.5) is 0 Å². The van der Waals surface area contributed by atoms with Crippen LogP contribution in [0, 0.1) is 0 Å². The van der Waals surface area contributed by atoms with Gasteiger partial charge in [0.1, 0.15) is 0 Å². The van der Waals surface area contributed by atoms with E-state index in [0.717, 1.165) is 38.5 Å². The normalized spacial score (nSPS) is 14.2. The third-order valence-electron chi connectivity index (χ3n) is 8.41. The van der Waals surface area contributed by atoms with E-state index in [-0.39, 0.29) is 18.9 Å². The molecular weight excluding hydrogens is 546 g/mol. The lowest BCUT2D eigenvalue weighted by Crippen LogP contribution is -2.45. The molecule has 0 heterocycles. The standard InChI is InChI=1S/C39H73NO4/c1-3-5-7-9-11-12-13-14-15-16-17-18-19-20-21-22-23-24-25-27-29-31-33-38(43)37(35-41)40-39(44)34-36(42)32-30-28-26-10-8-6-4-2/h20-21,24-25,31,33,36-38,41-43H,3-19,22-23,26-30,32,34-35H2,1-2H3,(H,40,44)/b21-20+,25-24+,33-31+. The molecule has 5 nitrogen and oxygen atoms in total. The molecule has 0 fully saturated rings. The summed E-state index contributed by atoms with van der Waals surface area (Å²) in [5.74, 6) is -0.335. The molecule has 44 heavy (non-hydrogen) atoms. The molecule has 0 radical (unpaired) electrons. The Labute approximate surface area is 273 Å². The van der Waals surface area contributed by atoms with Gasteiger partial charge in [0, 0.05) is 0 Å². The van der Waals surface area contributed by atoms with Crippen molar-refractivity contribution in [2.24, 2.45) is 0 Å². The second-order valence-corrected chi connectivity index (χ2v) is 12.8. The number of hydrogen-bond acceptors (Lipinski definition) is 4. The van der Waals surface area contributed by atoms with E-state index in [9.17, 15) is 20.1 Å². The zero-order chi connectivity index (χ0) is 32.4. The molecule has 1 amide bonds. The molecule has 5 heteroatoms. The Morgan fingerprint density at radius 1 is 0.568 bits per heavy atom. The van der Waals surface area contributed by atoms with Gasteiger partial charge in [-0.2, -0.15) is 0 Å². The van der Waals surface area contributed by atoms with Gasteiger partial charge in [0.2, 0.25) is 5.91 Å². The highest BCUT2D eigenvalue weighted by molar-refractivity contribution is 5.76. The lowest BCUT2D eigenvalue weighted by atomic mass is 10.0. The quantitative estimate of drug-likeness (QED) is 0.0435. The lowest BCUT2D eigenvalue weighted by molar-refractivity contribution is -0.124. The van der Waals surface area contributed by atoms with E-state index < -0.39 is 18.2 Å². The van der Waals surface area contributed by atoms with Crippen molar-refractivity contribution in [3.05, 3.63) is 36.5 Å². The van der Waals surface area contributed by atoms with Crippen LogP contribution in [0.3, 0.4) is 0 Å². The number of allylic oxidation sites excluding steroid dienone is 5. The summed E-state index contributed by atoms with van der Waals surface area (Å²) in [4.78, 5) is 12.3. The highest BCUT2D eigenvalue weighted by atomic mass is 16.3. The van der Waals surface area contributed by atoms with E-state index >= 15 is 0 Å². The molecule has 258 valence electrons. The molecule has 0 saturated carbocycles. The average molecular weight is 620 g/mol. The van der Waals surface area contributed by atoms with E-state index in [1.54, 1.807) is 6.08 Å². The Morgan fingerprint density at radius 2 is 0.977 bits per heavy atom. The summed E-state index contributed by atoms with van der Waals surface area (Å²) in [7, 11) is 0. The van der Waals surface area contributed by atoms with Gasteiger partial charge in [0.15, 0.2) is 0 Å². The fraction of sp³-hybridized carbons (Fsp3) is 0.821. The zero-order valence-electron chi connectivity index (χ0n) is 29.0. The fourth-order valence-corrected chi connectivity index (χ4v) is 5.49. The second-order valence-electron chi connectivity index (χ2n) is 12.8. The first-order valence-electron chi connectivity index (χ1n) is 18.8. The summed E-state index contributed by atoms with van der Waals surface area (Å²) in [6.07, 6.45) is 41.5. The SMILES string of the molecule is CCCCCCCCCCCCCC/C=C/CC/C=C/CC/C=C/C(O)C(CO)NC(=O)CC(O)CCCCCCCCC. The maximum absolute atomic E-state index is 12.3. The minimum atomic E-state index is -0.955. The summed E-state index contributed by atoms with van der Waals surface area (Å²) in [6, 6.07) is -0.762. The lowest BCUT2D eigenvalue weighted by Gasteiger charge is -2.20. The van der Waals surface area contributed by atoms with Crippen LogP contribution in [0.2, 0.25) is 0 Å². The number of carbonyl (C=O) groups excluding carboxylic acids is 1. The third-order valence-corrected chi connectivity index (χ3v) is 8.41. The third kappa shape index (κ3) is 30.6. The molecule has 3 unspecified atom stereocenters. The number of carbonyl (C=O) groups is 1. The van der Waals surface area contributed by atoms with Crippen LogP contribution in [0.5, 0.6) is 0 Å².